The number of phenolic OH excluding ortho intramolecular Hbond substituents is 1. The number of guanidine groups is 1. The van der Waals surface area contributed by atoms with Crippen LogP contribution in [0.3, 0.4) is 0 Å². The van der Waals surface area contributed by atoms with Gasteiger partial charge in [0.1, 0.15) is 17.3 Å². The minimum Gasteiger partial charge on any atom is -0.508 e. The van der Waals surface area contributed by atoms with Crippen LogP contribution in [0.5, 0.6) is 11.5 Å². The zero-order valence-corrected chi connectivity index (χ0v) is 15.1. The molecule has 5 nitrogen and oxygen atoms in total. The number of aromatic hydroxyl groups is 1. The lowest BCUT2D eigenvalue weighted by atomic mass is 9.95. The van der Waals surface area contributed by atoms with Crippen LogP contribution in [0.2, 0.25) is 0 Å². The Bertz CT molecular complexity index is 803. The lowest BCUT2D eigenvalue weighted by Gasteiger charge is -2.20. The fourth-order valence-corrected chi connectivity index (χ4v) is 3.07. The molecule has 0 unspecified atom stereocenters. The van der Waals surface area contributed by atoms with Gasteiger partial charge in [-0.25, -0.2) is 4.39 Å². The molecular weight excluding hydrogens is 333 g/mol. The molecule has 1 saturated carbocycles. The van der Waals surface area contributed by atoms with E-state index in [9.17, 15) is 9.50 Å². The molecule has 3 N–H and O–H groups in total. The zero-order chi connectivity index (χ0) is 18.6. The third-order valence-electron chi connectivity index (χ3n) is 4.85. The Morgan fingerprint density at radius 2 is 2.00 bits per heavy atom. The van der Waals surface area contributed by atoms with Gasteiger partial charge >= 0.3 is 0 Å². The predicted molar refractivity (Wildman–Crippen MR) is 100 cm³/mol. The molecular formula is C20H24FN3O2. The number of methoxy groups -OCH3 is 1. The molecule has 1 fully saturated rings. The molecule has 1 aliphatic carbocycles. The molecule has 0 heterocycles. The van der Waals surface area contributed by atoms with Crippen molar-refractivity contribution in [2.45, 2.75) is 24.8 Å². The first-order chi connectivity index (χ1) is 12.6. The molecule has 0 aliphatic heterocycles. The second-order valence-electron chi connectivity index (χ2n) is 6.53. The van der Waals surface area contributed by atoms with Crippen LogP contribution in [0.4, 0.5) is 4.39 Å². The van der Waals surface area contributed by atoms with Gasteiger partial charge < -0.3 is 20.5 Å². The molecule has 138 valence electrons. The fourth-order valence-electron chi connectivity index (χ4n) is 3.07. The number of halogens is 1. The highest BCUT2D eigenvalue weighted by Crippen LogP contribution is 2.48. The second kappa shape index (κ2) is 7.64. The Labute approximate surface area is 152 Å². The van der Waals surface area contributed by atoms with Gasteiger partial charge in [0.2, 0.25) is 0 Å². The van der Waals surface area contributed by atoms with Crippen molar-refractivity contribution in [3.63, 3.8) is 0 Å². The first-order valence-corrected chi connectivity index (χ1v) is 8.63. The SMILES string of the molecule is CN=C(NCc1cc(OC)ccc1O)NCC1(c2ccccc2F)CC1. The van der Waals surface area contributed by atoms with Crippen LogP contribution in [-0.4, -0.2) is 31.8 Å². The van der Waals surface area contributed by atoms with Crippen LogP contribution >= 0.6 is 0 Å². The number of nitrogens with zero attached hydrogens (tertiary/aromatic N) is 1. The Hall–Kier alpha value is -2.76. The largest absolute Gasteiger partial charge is 0.508 e. The molecule has 0 aromatic heterocycles. The van der Waals surface area contributed by atoms with Gasteiger partial charge in [-0.1, -0.05) is 18.2 Å². The van der Waals surface area contributed by atoms with Crippen molar-refractivity contribution in [2.24, 2.45) is 4.99 Å². The Kier molecular flexibility index (Phi) is 5.30. The topological polar surface area (TPSA) is 65.9 Å². The highest BCUT2D eigenvalue weighted by molar-refractivity contribution is 5.80. The maximum Gasteiger partial charge on any atom is 0.191 e. The van der Waals surface area contributed by atoms with Crippen molar-refractivity contribution < 1.29 is 14.2 Å². The summed E-state index contributed by atoms with van der Waals surface area (Å²) >= 11 is 0. The van der Waals surface area contributed by atoms with Crippen molar-refractivity contribution >= 4 is 5.96 Å². The average Bonchev–Trinajstić information content (AvgIpc) is 3.44. The standard InChI is InChI=1S/C20H24FN3O2/c1-22-19(23-12-14-11-15(26-2)7-8-18(14)25)24-13-20(9-10-20)16-5-3-4-6-17(16)21/h3-8,11,25H,9-10,12-13H2,1-2H3,(H2,22,23,24). The number of rotatable bonds is 6. The maximum absolute atomic E-state index is 14.1. The van der Waals surface area contributed by atoms with E-state index in [4.69, 9.17) is 4.74 Å². The van der Waals surface area contributed by atoms with Gasteiger partial charge in [-0.05, 0) is 42.7 Å². The number of hydrogen-bond acceptors (Lipinski definition) is 3. The van der Waals surface area contributed by atoms with E-state index in [1.165, 1.54) is 6.07 Å². The Morgan fingerprint density at radius 1 is 1.23 bits per heavy atom. The van der Waals surface area contributed by atoms with Gasteiger partial charge in [-0.3, -0.25) is 4.99 Å². The van der Waals surface area contributed by atoms with Gasteiger partial charge in [0.25, 0.3) is 0 Å². The average molecular weight is 357 g/mol. The van der Waals surface area contributed by atoms with Crippen LogP contribution in [0.15, 0.2) is 47.5 Å². The summed E-state index contributed by atoms with van der Waals surface area (Å²) in [6, 6.07) is 12.0. The van der Waals surface area contributed by atoms with Gasteiger partial charge in [0.05, 0.1) is 7.11 Å². The summed E-state index contributed by atoms with van der Waals surface area (Å²) in [5.41, 5.74) is 1.30. The molecule has 0 spiro atoms. The highest BCUT2D eigenvalue weighted by atomic mass is 19.1. The van der Waals surface area contributed by atoms with Gasteiger partial charge in [-0.2, -0.15) is 0 Å². The van der Waals surface area contributed by atoms with Crippen LogP contribution in [0.1, 0.15) is 24.0 Å². The number of nitrogens with one attached hydrogen (secondary N) is 2. The maximum atomic E-state index is 14.1. The van der Waals surface area contributed by atoms with Gasteiger partial charge in [-0.15, -0.1) is 0 Å². The van der Waals surface area contributed by atoms with Crippen LogP contribution in [0, 0.1) is 5.82 Å². The van der Waals surface area contributed by atoms with E-state index >= 15 is 0 Å². The smallest absolute Gasteiger partial charge is 0.191 e. The molecule has 2 aromatic rings. The Balaban J connectivity index is 1.60. The van der Waals surface area contributed by atoms with Crippen LogP contribution in [-0.2, 0) is 12.0 Å². The zero-order valence-electron chi connectivity index (χ0n) is 15.1. The molecule has 0 bridgehead atoms. The summed E-state index contributed by atoms with van der Waals surface area (Å²) < 4.78 is 19.3. The molecule has 1 aliphatic rings. The van der Waals surface area contributed by atoms with E-state index in [-0.39, 0.29) is 17.0 Å². The Morgan fingerprint density at radius 3 is 2.65 bits per heavy atom. The summed E-state index contributed by atoms with van der Waals surface area (Å²) in [5.74, 6) is 1.32. The third kappa shape index (κ3) is 3.90. The molecule has 0 radical (unpaired) electrons. The summed E-state index contributed by atoms with van der Waals surface area (Å²) in [7, 11) is 3.27. The third-order valence-corrected chi connectivity index (χ3v) is 4.85. The summed E-state index contributed by atoms with van der Waals surface area (Å²) in [4.78, 5) is 4.21. The van der Waals surface area contributed by atoms with E-state index in [0.29, 0.717) is 30.4 Å². The summed E-state index contributed by atoms with van der Waals surface area (Å²) in [5, 5.41) is 16.4. The number of benzene rings is 2. The number of hydrogen-bond donors (Lipinski definition) is 3. The van der Waals surface area contributed by atoms with Crippen molar-refractivity contribution in [1.82, 2.24) is 10.6 Å². The fraction of sp³-hybridized carbons (Fsp3) is 0.350. The van der Waals surface area contributed by atoms with E-state index in [2.05, 4.69) is 15.6 Å². The molecule has 26 heavy (non-hydrogen) atoms. The van der Waals surface area contributed by atoms with E-state index in [1.54, 1.807) is 38.4 Å². The summed E-state index contributed by atoms with van der Waals surface area (Å²) in [6.07, 6.45) is 1.91. The lowest BCUT2D eigenvalue weighted by Crippen LogP contribution is -2.41. The molecule has 3 rings (SSSR count). The number of phenols is 1. The second-order valence-corrected chi connectivity index (χ2v) is 6.53. The van der Waals surface area contributed by atoms with Crippen LogP contribution in [0.25, 0.3) is 0 Å². The highest BCUT2D eigenvalue weighted by Gasteiger charge is 2.45. The molecule has 6 heteroatoms. The van der Waals surface area contributed by atoms with Gasteiger partial charge in [0, 0.05) is 31.1 Å². The van der Waals surface area contributed by atoms with Crippen molar-refractivity contribution in [3.8, 4) is 11.5 Å². The predicted octanol–water partition coefficient (Wildman–Crippen LogP) is 2.94. The lowest BCUT2D eigenvalue weighted by molar-refractivity contribution is 0.410. The minimum absolute atomic E-state index is 0.156. The van der Waals surface area contributed by atoms with E-state index < -0.39 is 0 Å². The van der Waals surface area contributed by atoms with Crippen molar-refractivity contribution in [3.05, 3.63) is 59.4 Å². The molecule has 2 aromatic carbocycles. The van der Waals surface area contributed by atoms with Crippen LogP contribution < -0.4 is 15.4 Å². The van der Waals surface area contributed by atoms with Crippen molar-refractivity contribution in [2.75, 3.05) is 20.7 Å². The minimum atomic E-state index is -0.166. The normalized spacial score (nSPS) is 15.4. The van der Waals surface area contributed by atoms with E-state index in [1.807, 2.05) is 12.1 Å². The molecule has 0 amide bonds. The van der Waals surface area contributed by atoms with Gasteiger partial charge in [0.15, 0.2) is 5.96 Å². The quantitative estimate of drug-likeness (QED) is 0.549. The van der Waals surface area contributed by atoms with Crippen molar-refractivity contribution in [1.29, 1.82) is 0 Å². The number of ether oxygens (including phenoxy) is 1. The monoisotopic (exact) mass is 357 g/mol. The molecule has 0 atom stereocenters. The van der Waals surface area contributed by atoms with E-state index in [0.717, 1.165) is 18.4 Å². The first kappa shape index (κ1) is 18.0. The molecule has 0 saturated heterocycles. The number of aliphatic imine (C=N–C) groups is 1. The first-order valence-electron chi connectivity index (χ1n) is 8.63. The summed E-state index contributed by atoms with van der Waals surface area (Å²) in [6.45, 7) is 1.01.